The van der Waals surface area contributed by atoms with Crippen LogP contribution < -0.4 is 10.6 Å². The lowest BCUT2D eigenvalue weighted by Crippen LogP contribution is -2.34. The Labute approximate surface area is 121 Å². The van der Waals surface area contributed by atoms with Gasteiger partial charge in [-0.05, 0) is 25.6 Å². The van der Waals surface area contributed by atoms with Crippen molar-refractivity contribution >= 4 is 30.7 Å². The van der Waals surface area contributed by atoms with Crippen molar-refractivity contribution in [3.8, 4) is 0 Å². The van der Waals surface area contributed by atoms with Crippen molar-refractivity contribution in [1.82, 2.24) is 15.6 Å². The van der Waals surface area contributed by atoms with Gasteiger partial charge >= 0.3 is 0 Å². The van der Waals surface area contributed by atoms with E-state index in [2.05, 4.69) is 15.6 Å². The van der Waals surface area contributed by atoms with E-state index >= 15 is 0 Å². The maximum Gasteiger partial charge on any atom is 0.224 e. The summed E-state index contributed by atoms with van der Waals surface area (Å²) in [6.45, 7) is 5.08. The second-order valence-corrected chi connectivity index (χ2v) is 3.94. The predicted octanol–water partition coefficient (Wildman–Crippen LogP) is 1.71. The van der Waals surface area contributed by atoms with E-state index in [1.54, 1.807) is 6.20 Å². The molecule has 1 aromatic heterocycles. The monoisotopic (exact) mass is 293 g/mol. The molecular formula is C12H21Cl2N3O. The molecule has 0 spiro atoms. The molecular weight excluding hydrogens is 273 g/mol. The molecule has 0 aliphatic rings. The Hall–Kier alpha value is -0.840. The lowest BCUT2D eigenvalue weighted by Gasteiger charge is -2.11. The summed E-state index contributed by atoms with van der Waals surface area (Å²) in [5, 5.41) is 5.86. The summed E-state index contributed by atoms with van der Waals surface area (Å²) in [5.41, 5.74) is 2.02. The topological polar surface area (TPSA) is 54.0 Å². The third kappa shape index (κ3) is 6.19. The van der Waals surface area contributed by atoms with Gasteiger partial charge in [-0.2, -0.15) is 0 Å². The number of hydrogen-bond donors (Lipinski definition) is 2. The minimum Gasteiger partial charge on any atom is -0.350 e. The van der Waals surface area contributed by atoms with Gasteiger partial charge < -0.3 is 10.6 Å². The van der Waals surface area contributed by atoms with E-state index in [9.17, 15) is 4.79 Å². The summed E-state index contributed by atoms with van der Waals surface area (Å²) >= 11 is 0. The van der Waals surface area contributed by atoms with Gasteiger partial charge in [-0.25, -0.2) is 0 Å². The molecule has 0 fully saturated rings. The first kappa shape index (κ1) is 19.5. The minimum absolute atomic E-state index is 0. The quantitative estimate of drug-likeness (QED) is 0.869. The highest BCUT2D eigenvalue weighted by atomic mass is 35.5. The first-order chi connectivity index (χ1) is 7.65. The Kier molecular flexibility index (Phi) is 11.0. The molecule has 1 heterocycles. The van der Waals surface area contributed by atoms with Crippen LogP contribution in [0.1, 0.15) is 18.2 Å². The fourth-order valence-corrected chi connectivity index (χ4v) is 1.45. The first-order valence-electron chi connectivity index (χ1n) is 5.48. The van der Waals surface area contributed by atoms with E-state index in [0.717, 1.165) is 11.3 Å². The molecule has 1 atom stereocenters. The van der Waals surface area contributed by atoms with Crippen molar-refractivity contribution in [2.75, 3.05) is 13.6 Å². The molecule has 0 radical (unpaired) electrons. The van der Waals surface area contributed by atoms with Gasteiger partial charge in [0.15, 0.2) is 0 Å². The number of nitrogens with one attached hydrogen (secondary N) is 2. The smallest absolute Gasteiger partial charge is 0.224 e. The SMILES string of the molecule is CNCC(C)C(=O)NCc1ncccc1C.Cl.Cl. The largest absolute Gasteiger partial charge is 0.350 e. The average Bonchev–Trinajstić information content (AvgIpc) is 2.28. The van der Waals surface area contributed by atoms with Gasteiger partial charge in [0.1, 0.15) is 0 Å². The number of carbonyl (C=O) groups is 1. The van der Waals surface area contributed by atoms with E-state index in [1.165, 1.54) is 0 Å². The van der Waals surface area contributed by atoms with Gasteiger partial charge in [-0.1, -0.05) is 13.0 Å². The molecule has 1 unspecified atom stereocenters. The van der Waals surface area contributed by atoms with Crippen LogP contribution in [0.15, 0.2) is 18.3 Å². The van der Waals surface area contributed by atoms with E-state index in [4.69, 9.17) is 0 Å². The van der Waals surface area contributed by atoms with Crippen molar-refractivity contribution in [3.05, 3.63) is 29.6 Å². The second kappa shape index (κ2) is 10.1. The fourth-order valence-electron chi connectivity index (χ4n) is 1.45. The molecule has 6 heteroatoms. The number of aryl methyl sites for hydroxylation is 1. The van der Waals surface area contributed by atoms with Gasteiger partial charge in [0, 0.05) is 18.7 Å². The predicted molar refractivity (Wildman–Crippen MR) is 78.4 cm³/mol. The van der Waals surface area contributed by atoms with Crippen molar-refractivity contribution in [2.24, 2.45) is 5.92 Å². The maximum absolute atomic E-state index is 11.6. The van der Waals surface area contributed by atoms with Crippen LogP contribution in [0.5, 0.6) is 0 Å². The molecule has 0 saturated carbocycles. The second-order valence-electron chi connectivity index (χ2n) is 3.94. The number of pyridine rings is 1. The highest BCUT2D eigenvalue weighted by Crippen LogP contribution is 2.02. The molecule has 0 aromatic carbocycles. The van der Waals surface area contributed by atoms with Crippen molar-refractivity contribution in [3.63, 3.8) is 0 Å². The van der Waals surface area contributed by atoms with Crippen LogP contribution in [0.4, 0.5) is 0 Å². The summed E-state index contributed by atoms with van der Waals surface area (Å²) in [6, 6.07) is 3.88. The summed E-state index contributed by atoms with van der Waals surface area (Å²) in [5.74, 6) is 0.0356. The molecule has 0 saturated heterocycles. The molecule has 18 heavy (non-hydrogen) atoms. The molecule has 104 valence electrons. The zero-order valence-corrected chi connectivity index (χ0v) is 12.5. The number of amides is 1. The summed E-state index contributed by atoms with van der Waals surface area (Å²) < 4.78 is 0. The van der Waals surface area contributed by atoms with Gasteiger partial charge in [0.05, 0.1) is 12.2 Å². The van der Waals surface area contributed by atoms with Crippen molar-refractivity contribution in [2.45, 2.75) is 20.4 Å². The first-order valence-corrected chi connectivity index (χ1v) is 5.48. The van der Waals surface area contributed by atoms with Crippen LogP contribution >= 0.6 is 24.8 Å². The molecule has 1 rings (SSSR count). The van der Waals surface area contributed by atoms with E-state index in [1.807, 2.05) is 33.0 Å². The maximum atomic E-state index is 11.6. The number of aromatic nitrogens is 1. The minimum atomic E-state index is -0.0194. The van der Waals surface area contributed by atoms with Crippen LogP contribution in [0.25, 0.3) is 0 Å². The number of halogens is 2. The van der Waals surface area contributed by atoms with Crippen molar-refractivity contribution in [1.29, 1.82) is 0 Å². The lowest BCUT2D eigenvalue weighted by atomic mass is 10.1. The van der Waals surface area contributed by atoms with Crippen LogP contribution in [0.2, 0.25) is 0 Å². The van der Waals surface area contributed by atoms with Gasteiger partial charge in [-0.3, -0.25) is 9.78 Å². The molecule has 0 aliphatic heterocycles. The van der Waals surface area contributed by atoms with E-state index in [0.29, 0.717) is 13.1 Å². The molecule has 1 aromatic rings. The van der Waals surface area contributed by atoms with Gasteiger partial charge in [-0.15, -0.1) is 24.8 Å². The lowest BCUT2D eigenvalue weighted by molar-refractivity contribution is -0.124. The van der Waals surface area contributed by atoms with Crippen LogP contribution in [0, 0.1) is 12.8 Å². The molecule has 0 aliphatic carbocycles. The van der Waals surface area contributed by atoms with Crippen LogP contribution in [-0.2, 0) is 11.3 Å². The zero-order valence-electron chi connectivity index (χ0n) is 10.9. The Bertz CT molecular complexity index is 361. The standard InChI is InChI=1S/C12H19N3O.2ClH/c1-9-5-4-6-14-11(9)8-15-12(16)10(2)7-13-3;;/h4-6,10,13H,7-8H2,1-3H3,(H,15,16);2*1H. The molecule has 0 bridgehead atoms. The van der Waals surface area contributed by atoms with Gasteiger partial charge in [0.25, 0.3) is 0 Å². The van der Waals surface area contributed by atoms with Crippen molar-refractivity contribution < 1.29 is 4.79 Å². The fraction of sp³-hybridized carbons (Fsp3) is 0.500. The Morgan fingerprint density at radius 3 is 2.67 bits per heavy atom. The Morgan fingerprint density at radius 2 is 2.11 bits per heavy atom. The van der Waals surface area contributed by atoms with Gasteiger partial charge in [0.2, 0.25) is 5.91 Å². The average molecular weight is 294 g/mol. The third-order valence-corrected chi connectivity index (χ3v) is 2.51. The Balaban J connectivity index is 0. The number of hydrogen-bond acceptors (Lipinski definition) is 3. The third-order valence-electron chi connectivity index (χ3n) is 2.51. The number of rotatable bonds is 5. The zero-order chi connectivity index (χ0) is 12.0. The summed E-state index contributed by atoms with van der Waals surface area (Å²) in [4.78, 5) is 15.9. The van der Waals surface area contributed by atoms with Crippen LogP contribution in [0.3, 0.4) is 0 Å². The number of nitrogens with zero attached hydrogens (tertiary/aromatic N) is 1. The highest BCUT2D eigenvalue weighted by molar-refractivity contribution is 5.85. The highest BCUT2D eigenvalue weighted by Gasteiger charge is 2.11. The van der Waals surface area contributed by atoms with Crippen LogP contribution in [-0.4, -0.2) is 24.5 Å². The Morgan fingerprint density at radius 1 is 1.44 bits per heavy atom. The molecule has 4 nitrogen and oxygen atoms in total. The molecule has 2 N–H and O–H groups in total. The normalized spacial score (nSPS) is 10.8. The number of carbonyl (C=O) groups excluding carboxylic acids is 1. The van der Waals surface area contributed by atoms with E-state index < -0.39 is 0 Å². The molecule has 1 amide bonds. The van der Waals surface area contributed by atoms with E-state index in [-0.39, 0.29) is 36.6 Å². The summed E-state index contributed by atoms with van der Waals surface area (Å²) in [7, 11) is 1.84. The summed E-state index contributed by atoms with van der Waals surface area (Å²) in [6.07, 6.45) is 1.74.